The zero-order chi connectivity index (χ0) is 15.3. The Labute approximate surface area is 125 Å². The predicted molar refractivity (Wildman–Crippen MR) is 81.3 cm³/mol. The molecule has 0 aliphatic heterocycles. The van der Waals surface area contributed by atoms with Crippen LogP contribution in [0.3, 0.4) is 0 Å². The van der Waals surface area contributed by atoms with Gasteiger partial charge in [0.15, 0.2) is 0 Å². The first kappa shape index (κ1) is 15.7. The summed E-state index contributed by atoms with van der Waals surface area (Å²) in [5, 5.41) is 7.14. The van der Waals surface area contributed by atoms with Gasteiger partial charge >= 0.3 is 0 Å². The van der Waals surface area contributed by atoms with E-state index in [4.69, 9.17) is 0 Å². The highest BCUT2D eigenvalue weighted by molar-refractivity contribution is 7.89. The van der Waals surface area contributed by atoms with E-state index in [-0.39, 0.29) is 10.9 Å². The molecule has 1 aromatic heterocycles. The number of hydrogen-bond donors (Lipinski definition) is 2. The highest BCUT2D eigenvalue weighted by atomic mass is 32.2. The second-order valence-corrected chi connectivity index (χ2v) is 6.51. The summed E-state index contributed by atoms with van der Waals surface area (Å²) in [4.78, 5) is 0.273. The summed E-state index contributed by atoms with van der Waals surface area (Å²) >= 11 is 0. The molecule has 1 atom stereocenters. The number of aromatic nitrogens is 2. The molecule has 1 heterocycles. The van der Waals surface area contributed by atoms with E-state index in [1.165, 1.54) is 0 Å². The molecule has 0 aliphatic rings. The lowest BCUT2D eigenvalue weighted by Gasteiger charge is -2.12. The van der Waals surface area contributed by atoms with E-state index in [0.29, 0.717) is 13.1 Å². The van der Waals surface area contributed by atoms with Crippen molar-refractivity contribution in [3.05, 3.63) is 48.3 Å². The van der Waals surface area contributed by atoms with Gasteiger partial charge < -0.3 is 5.32 Å². The summed E-state index contributed by atoms with van der Waals surface area (Å²) in [5.74, 6) is 0. The minimum absolute atomic E-state index is 0.189. The maximum Gasteiger partial charge on any atom is 0.240 e. The third-order valence-electron chi connectivity index (χ3n) is 3.32. The van der Waals surface area contributed by atoms with E-state index in [2.05, 4.69) is 15.1 Å². The summed E-state index contributed by atoms with van der Waals surface area (Å²) < 4.78 is 28.6. The van der Waals surface area contributed by atoms with Crippen LogP contribution in [-0.4, -0.2) is 31.8 Å². The van der Waals surface area contributed by atoms with Gasteiger partial charge in [0, 0.05) is 25.0 Å². The first-order valence-electron chi connectivity index (χ1n) is 6.77. The van der Waals surface area contributed by atoms with Gasteiger partial charge in [0.2, 0.25) is 10.0 Å². The van der Waals surface area contributed by atoms with E-state index in [1.54, 1.807) is 35.3 Å². The van der Waals surface area contributed by atoms with Crippen LogP contribution in [0, 0.1) is 0 Å². The van der Waals surface area contributed by atoms with Crippen molar-refractivity contribution in [2.75, 3.05) is 13.6 Å². The van der Waals surface area contributed by atoms with Crippen molar-refractivity contribution in [3.63, 3.8) is 0 Å². The minimum Gasteiger partial charge on any atom is -0.313 e. The number of nitrogens with one attached hydrogen (secondary N) is 2. The Kier molecular flexibility index (Phi) is 5.11. The third kappa shape index (κ3) is 4.13. The van der Waals surface area contributed by atoms with E-state index in [0.717, 1.165) is 5.56 Å². The lowest BCUT2D eigenvalue weighted by Crippen LogP contribution is -2.27. The molecule has 7 heteroatoms. The molecule has 0 spiro atoms. The third-order valence-corrected chi connectivity index (χ3v) is 4.79. The molecule has 114 valence electrons. The van der Waals surface area contributed by atoms with Gasteiger partial charge in [-0.25, -0.2) is 13.1 Å². The molecule has 0 saturated heterocycles. The standard InChI is InChI=1S/C14H20N4O2S/c1-12(15-2)13-4-6-14(7-5-13)21(19,20)17-9-11-18-10-3-8-16-18/h3-8,10,12,15,17H,9,11H2,1-2H3. The van der Waals surface area contributed by atoms with Gasteiger partial charge in [-0.1, -0.05) is 12.1 Å². The van der Waals surface area contributed by atoms with Gasteiger partial charge in [-0.3, -0.25) is 4.68 Å². The van der Waals surface area contributed by atoms with Crippen molar-refractivity contribution in [2.24, 2.45) is 0 Å². The molecular formula is C14H20N4O2S. The highest BCUT2D eigenvalue weighted by Crippen LogP contribution is 2.15. The lowest BCUT2D eigenvalue weighted by molar-refractivity contribution is 0.560. The largest absolute Gasteiger partial charge is 0.313 e. The van der Waals surface area contributed by atoms with Gasteiger partial charge in [-0.15, -0.1) is 0 Å². The maximum atomic E-state index is 12.2. The number of nitrogens with zero attached hydrogens (tertiary/aromatic N) is 2. The molecule has 0 aliphatic carbocycles. The van der Waals surface area contributed by atoms with Gasteiger partial charge in [0.05, 0.1) is 11.4 Å². The second kappa shape index (κ2) is 6.84. The van der Waals surface area contributed by atoms with E-state index in [9.17, 15) is 8.42 Å². The second-order valence-electron chi connectivity index (χ2n) is 4.75. The molecule has 2 N–H and O–H groups in total. The molecule has 2 aromatic rings. The quantitative estimate of drug-likeness (QED) is 0.804. The summed E-state index contributed by atoms with van der Waals surface area (Å²) in [6.45, 7) is 2.83. The van der Waals surface area contributed by atoms with Crippen molar-refractivity contribution in [1.29, 1.82) is 0 Å². The van der Waals surface area contributed by atoms with Crippen molar-refractivity contribution in [3.8, 4) is 0 Å². The Morgan fingerprint density at radius 3 is 2.57 bits per heavy atom. The average molecular weight is 308 g/mol. The first-order valence-corrected chi connectivity index (χ1v) is 8.25. The smallest absolute Gasteiger partial charge is 0.240 e. The fraction of sp³-hybridized carbons (Fsp3) is 0.357. The molecule has 0 fully saturated rings. The lowest BCUT2D eigenvalue weighted by atomic mass is 10.1. The molecule has 0 bridgehead atoms. The predicted octanol–water partition coefficient (Wildman–Crippen LogP) is 1.14. The number of sulfonamides is 1. The number of hydrogen-bond acceptors (Lipinski definition) is 4. The highest BCUT2D eigenvalue weighted by Gasteiger charge is 2.13. The van der Waals surface area contributed by atoms with Crippen LogP contribution in [0.4, 0.5) is 0 Å². The zero-order valence-electron chi connectivity index (χ0n) is 12.2. The Morgan fingerprint density at radius 1 is 1.29 bits per heavy atom. The Balaban J connectivity index is 1.98. The van der Waals surface area contributed by atoms with Gasteiger partial charge in [0.25, 0.3) is 0 Å². The molecule has 0 radical (unpaired) electrons. The zero-order valence-corrected chi connectivity index (χ0v) is 13.0. The van der Waals surface area contributed by atoms with Gasteiger partial charge in [0.1, 0.15) is 0 Å². The summed E-state index contributed by atoms with van der Waals surface area (Å²) in [5.41, 5.74) is 1.05. The van der Waals surface area contributed by atoms with Gasteiger partial charge in [-0.05, 0) is 37.7 Å². The SMILES string of the molecule is CNC(C)c1ccc(S(=O)(=O)NCCn2cccn2)cc1. The van der Waals surface area contributed by atoms with Crippen LogP contribution in [0.25, 0.3) is 0 Å². The van der Waals surface area contributed by atoms with Crippen molar-refractivity contribution in [1.82, 2.24) is 19.8 Å². The summed E-state index contributed by atoms with van der Waals surface area (Å²) in [6, 6.07) is 8.89. The molecule has 2 rings (SSSR count). The van der Waals surface area contributed by atoms with Crippen LogP contribution in [0.1, 0.15) is 18.5 Å². The fourth-order valence-corrected chi connectivity index (χ4v) is 2.93. The molecule has 0 saturated carbocycles. The molecule has 1 aromatic carbocycles. The van der Waals surface area contributed by atoms with E-state index in [1.807, 2.05) is 26.1 Å². The average Bonchev–Trinajstić information content (AvgIpc) is 2.99. The van der Waals surface area contributed by atoms with Crippen LogP contribution in [-0.2, 0) is 16.6 Å². The van der Waals surface area contributed by atoms with Crippen LogP contribution in [0.15, 0.2) is 47.6 Å². The Morgan fingerprint density at radius 2 is 2.00 bits per heavy atom. The Bertz CT molecular complexity index is 651. The summed E-state index contributed by atoms with van der Waals surface area (Å²) in [6.07, 6.45) is 3.46. The van der Waals surface area contributed by atoms with Crippen molar-refractivity contribution >= 4 is 10.0 Å². The molecule has 1 unspecified atom stereocenters. The van der Waals surface area contributed by atoms with E-state index >= 15 is 0 Å². The van der Waals surface area contributed by atoms with Crippen LogP contribution in [0.2, 0.25) is 0 Å². The van der Waals surface area contributed by atoms with Crippen LogP contribution < -0.4 is 10.0 Å². The minimum atomic E-state index is -3.47. The number of benzene rings is 1. The fourth-order valence-electron chi connectivity index (χ4n) is 1.91. The number of rotatable bonds is 7. The van der Waals surface area contributed by atoms with Gasteiger partial charge in [-0.2, -0.15) is 5.10 Å². The van der Waals surface area contributed by atoms with Crippen molar-refractivity contribution < 1.29 is 8.42 Å². The summed E-state index contributed by atoms with van der Waals surface area (Å²) in [7, 11) is -1.61. The Hall–Kier alpha value is -1.70. The monoisotopic (exact) mass is 308 g/mol. The molecule has 6 nitrogen and oxygen atoms in total. The molecule has 21 heavy (non-hydrogen) atoms. The maximum absolute atomic E-state index is 12.2. The van der Waals surface area contributed by atoms with Crippen molar-refractivity contribution in [2.45, 2.75) is 24.4 Å². The molecule has 0 amide bonds. The van der Waals surface area contributed by atoms with Crippen LogP contribution >= 0.6 is 0 Å². The van der Waals surface area contributed by atoms with E-state index < -0.39 is 10.0 Å². The normalized spacial score (nSPS) is 13.2. The molecular weight excluding hydrogens is 288 g/mol. The first-order chi connectivity index (χ1) is 10.0. The topological polar surface area (TPSA) is 76.0 Å². The van der Waals surface area contributed by atoms with Crippen LogP contribution in [0.5, 0.6) is 0 Å².